The average Bonchev–Trinajstić information content (AvgIpc) is 2.79. The summed E-state index contributed by atoms with van der Waals surface area (Å²) >= 11 is 0. The molecule has 1 N–H and O–H groups in total. The maximum absolute atomic E-state index is 13.7. The van der Waals surface area contributed by atoms with E-state index in [0.29, 0.717) is 12.1 Å². The lowest BCUT2D eigenvalue weighted by atomic mass is 9.85. The highest BCUT2D eigenvalue weighted by Crippen LogP contribution is 2.46. The van der Waals surface area contributed by atoms with E-state index >= 15 is 0 Å². The van der Waals surface area contributed by atoms with Gasteiger partial charge in [0.05, 0.1) is 11.4 Å². The quantitative estimate of drug-likeness (QED) is 0.765. The van der Waals surface area contributed by atoms with Crippen LogP contribution in [0.3, 0.4) is 0 Å². The highest BCUT2D eigenvalue weighted by atomic mass is 19.1. The number of benzene rings is 1. The van der Waals surface area contributed by atoms with Gasteiger partial charge >= 0.3 is 0 Å². The first-order valence-corrected chi connectivity index (χ1v) is 7.56. The van der Waals surface area contributed by atoms with Crippen molar-refractivity contribution >= 4 is 11.4 Å². The zero-order chi connectivity index (χ0) is 13.0. The normalized spacial score (nSPS) is 32.3. The summed E-state index contributed by atoms with van der Waals surface area (Å²) in [6.45, 7) is 2.84. The Bertz CT molecular complexity index is 514. The summed E-state index contributed by atoms with van der Waals surface area (Å²) in [5.41, 5.74) is 3.00. The molecule has 1 aliphatic carbocycles. The van der Waals surface area contributed by atoms with E-state index in [2.05, 4.69) is 10.2 Å². The lowest BCUT2D eigenvalue weighted by molar-refractivity contribution is 0.342. The van der Waals surface area contributed by atoms with Crippen LogP contribution in [-0.2, 0) is 0 Å². The van der Waals surface area contributed by atoms with Gasteiger partial charge in [0, 0.05) is 18.6 Å². The fraction of sp³-hybridized carbons (Fsp3) is 0.625. The summed E-state index contributed by atoms with van der Waals surface area (Å²) < 4.78 is 13.7. The predicted octanol–water partition coefficient (Wildman–Crippen LogP) is 3.70. The van der Waals surface area contributed by atoms with Gasteiger partial charge in [-0.3, -0.25) is 0 Å². The number of nitrogens with one attached hydrogen (secondary N) is 1. The van der Waals surface area contributed by atoms with E-state index in [4.69, 9.17) is 0 Å². The van der Waals surface area contributed by atoms with Crippen LogP contribution in [0.4, 0.5) is 15.8 Å². The molecule has 1 aromatic rings. The van der Waals surface area contributed by atoms with Gasteiger partial charge in [-0.25, -0.2) is 4.39 Å². The zero-order valence-corrected chi connectivity index (χ0v) is 11.5. The standard InChI is InChI=1S/C16H21FN2/c1-10-6-16-14(8-13(10)17)18-9-12-7-11-4-2-3-5-15(11)19(12)16/h6,8,11-12,15,18H,2-5,7,9H2,1H3. The molecule has 0 radical (unpaired) electrons. The number of anilines is 2. The summed E-state index contributed by atoms with van der Waals surface area (Å²) in [5.74, 6) is 0.765. The lowest BCUT2D eigenvalue weighted by Crippen LogP contribution is -2.44. The summed E-state index contributed by atoms with van der Waals surface area (Å²) in [4.78, 5) is 2.61. The fourth-order valence-electron chi connectivity index (χ4n) is 4.37. The highest BCUT2D eigenvalue weighted by molar-refractivity contribution is 5.75. The second-order valence-electron chi connectivity index (χ2n) is 6.41. The maximum Gasteiger partial charge on any atom is 0.128 e. The van der Waals surface area contributed by atoms with Crippen LogP contribution >= 0.6 is 0 Å². The minimum absolute atomic E-state index is 0.0934. The van der Waals surface area contributed by atoms with Crippen molar-refractivity contribution in [1.82, 2.24) is 0 Å². The van der Waals surface area contributed by atoms with Crippen LogP contribution in [0.1, 0.15) is 37.7 Å². The molecule has 2 aliphatic heterocycles. The minimum Gasteiger partial charge on any atom is -0.381 e. The second-order valence-corrected chi connectivity index (χ2v) is 6.41. The van der Waals surface area contributed by atoms with E-state index in [0.717, 1.165) is 23.7 Å². The Morgan fingerprint density at radius 3 is 3.00 bits per heavy atom. The monoisotopic (exact) mass is 260 g/mol. The Labute approximate surface area is 114 Å². The second kappa shape index (κ2) is 4.12. The summed E-state index contributed by atoms with van der Waals surface area (Å²) in [5, 5.41) is 3.43. The molecule has 0 spiro atoms. The molecular weight excluding hydrogens is 239 g/mol. The molecule has 3 unspecified atom stereocenters. The Morgan fingerprint density at radius 1 is 1.26 bits per heavy atom. The number of aryl methyl sites for hydroxylation is 1. The van der Waals surface area contributed by atoms with Crippen molar-refractivity contribution in [3.8, 4) is 0 Å². The van der Waals surface area contributed by atoms with Crippen LogP contribution in [-0.4, -0.2) is 18.6 Å². The van der Waals surface area contributed by atoms with Crippen LogP contribution in [0.25, 0.3) is 0 Å². The molecule has 2 nitrogen and oxygen atoms in total. The van der Waals surface area contributed by atoms with E-state index in [9.17, 15) is 4.39 Å². The van der Waals surface area contributed by atoms with Gasteiger partial charge in [-0.05, 0) is 49.8 Å². The molecule has 0 amide bonds. The first-order chi connectivity index (χ1) is 9.24. The van der Waals surface area contributed by atoms with Crippen LogP contribution in [0.15, 0.2) is 12.1 Å². The summed E-state index contributed by atoms with van der Waals surface area (Å²) in [6, 6.07) is 5.03. The smallest absolute Gasteiger partial charge is 0.128 e. The molecule has 4 rings (SSSR count). The Hall–Kier alpha value is -1.25. The average molecular weight is 260 g/mol. The molecular formula is C16H21FN2. The zero-order valence-electron chi connectivity index (χ0n) is 11.5. The third-order valence-corrected chi connectivity index (χ3v) is 5.28. The van der Waals surface area contributed by atoms with Gasteiger partial charge in [0.1, 0.15) is 5.82 Å². The number of hydrogen-bond donors (Lipinski definition) is 1. The number of nitrogens with zero attached hydrogens (tertiary/aromatic N) is 1. The number of halogens is 1. The van der Waals surface area contributed by atoms with Crippen molar-refractivity contribution in [1.29, 1.82) is 0 Å². The van der Waals surface area contributed by atoms with Gasteiger partial charge in [0.15, 0.2) is 0 Å². The first kappa shape index (κ1) is 11.6. The SMILES string of the molecule is Cc1cc2c(cc1F)NCC1CC3CCCCC3N21. The molecule has 102 valence electrons. The molecule has 0 bridgehead atoms. The minimum atomic E-state index is -0.0934. The molecule has 1 saturated carbocycles. The van der Waals surface area contributed by atoms with Crippen LogP contribution < -0.4 is 10.2 Å². The molecule has 1 aromatic carbocycles. The maximum atomic E-state index is 13.7. The summed E-state index contributed by atoms with van der Waals surface area (Å²) in [7, 11) is 0. The van der Waals surface area contributed by atoms with Crippen molar-refractivity contribution in [2.45, 2.75) is 51.1 Å². The lowest BCUT2D eigenvalue weighted by Gasteiger charge is -2.40. The Kier molecular flexibility index (Phi) is 2.51. The number of rotatable bonds is 0. The molecule has 3 heteroatoms. The highest BCUT2D eigenvalue weighted by Gasteiger charge is 2.44. The van der Waals surface area contributed by atoms with Crippen molar-refractivity contribution in [2.24, 2.45) is 5.92 Å². The topological polar surface area (TPSA) is 15.3 Å². The van der Waals surface area contributed by atoms with Crippen molar-refractivity contribution in [3.05, 3.63) is 23.5 Å². The molecule has 1 saturated heterocycles. The van der Waals surface area contributed by atoms with Crippen molar-refractivity contribution < 1.29 is 4.39 Å². The third kappa shape index (κ3) is 1.67. The van der Waals surface area contributed by atoms with Gasteiger partial charge in [0.2, 0.25) is 0 Å². The molecule has 19 heavy (non-hydrogen) atoms. The van der Waals surface area contributed by atoms with E-state index in [1.807, 2.05) is 13.0 Å². The van der Waals surface area contributed by atoms with Gasteiger partial charge in [0.25, 0.3) is 0 Å². The van der Waals surface area contributed by atoms with E-state index in [1.165, 1.54) is 37.8 Å². The molecule has 3 atom stereocenters. The van der Waals surface area contributed by atoms with Gasteiger partial charge in [-0.2, -0.15) is 0 Å². The molecule has 2 fully saturated rings. The van der Waals surface area contributed by atoms with E-state index in [1.54, 1.807) is 6.07 Å². The molecule has 3 aliphatic rings. The first-order valence-electron chi connectivity index (χ1n) is 7.56. The fourth-order valence-corrected chi connectivity index (χ4v) is 4.37. The van der Waals surface area contributed by atoms with Crippen molar-refractivity contribution in [3.63, 3.8) is 0 Å². The van der Waals surface area contributed by atoms with Gasteiger partial charge < -0.3 is 10.2 Å². The van der Waals surface area contributed by atoms with Crippen LogP contribution in [0.5, 0.6) is 0 Å². The summed E-state index contributed by atoms with van der Waals surface area (Å²) in [6.07, 6.45) is 6.76. The Morgan fingerprint density at radius 2 is 2.11 bits per heavy atom. The van der Waals surface area contributed by atoms with E-state index in [-0.39, 0.29) is 5.82 Å². The predicted molar refractivity (Wildman–Crippen MR) is 76.3 cm³/mol. The third-order valence-electron chi connectivity index (χ3n) is 5.28. The van der Waals surface area contributed by atoms with Crippen LogP contribution in [0.2, 0.25) is 0 Å². The largest absolute Gasteiger partial charge is 0.381 e. The van der Waals surface area contributed by atoms with Crippen LogP contribution in [0, 0.1) is 18.7 Å². The molecule has 2 heterocycles. The number of hydrogen-bond acceptors (Lipinski definition) is 2. The van der Waals surface area contributed by atoms with Gasteiger partial charge in [-0.15, -0.1) is 0 Å². The van der Waals surface area contributed by atoms with Crippen molar-refractivity contribution in [2.75, 3.05) is 16.8 Å². The van der Waals surface area contributed by atoms with Gasteiger partial charge in [-0.1, -0.05) is 12.8 Å². The van der Waals surface area contributed by atoms with E-state index < -0.39 is 0 Å². The Balaban J connectivity index is 1.77. The molecule has 0 aromatic heterocycles. The number of fused-ring (bicyclic) bond motifs is 5.